The second-order valence-electron chi connectivity index (χ2n) is 3.57. The molecule has 0 atom stereocenters. The largest absolute Gasteiger partial charge is 0.396 e. The summed E-state index contributed by atoms with van der Waals surface area (Å²) in [6.45, 7) is -0.436. The lowest BCUT2D eigenvalue weighted by atomic mass is 10.3. The van der Waals surface area contributed by atoms with Gasteiger partial charge in [0.2, 0.25) is 20.0 Å². The first-order valence-corrected chi connectivity index (χ1v) is 8.35. The number of benzene rings is 1. The molecule has 0 spiro atoms. The van der Waals surface area contributed by atoms with Crippen molar-refractivity contribution in [1.82, 2.24) is 4.72 Å². The average Bonchev–Trinajstić information content (AvgIpc) is 2.20. The number of anilines is 1. The minimum atomic E-state index is -4.10. The van der Waals surface area contributed by atoms with Gasteiger partial charge in [-0.25, -0.2) is 31.1 Å². The highest BCUT2D eigenvalue weighted by Crippen LogP contribution is 2.25. The maximum absolute atomic E-state index is 13.0. The highest BCUT2D eigenvalue weighted by atomic mass is 35.5. The van der Waals surface area contributed by atoms with E-state index < -0.39 is 48.7 Å². The monoisotopic (exact) mass is 331 g/mol. The molecule has 0 radical (unpaired) electrons. The predicted octanol–water partition coefficient (Wildman–Crippen LogP) is -0.372. The Kier molecular flexibility index (Phi) is 4.74. The van der Waals surface area contributed by atoms with Crippen molar-refractivity contribution in [1.29, 1.82) is 0 Å². The van der Waals surface area contributed by atoms with Gasteiger partial charge in [-0.05, 0) is 12.1 Å². The molecular weight excluding hydrogens is 321 g/mol. The van der Waals surface area contributed by atoms with E-state index in [1.807, 2.05) is 4.72 Å². The van der Waals surface area contributed by atoms with Gasteiger partial charge in [0.1, 0.15) is 10.7 Å². The summed E-state index contributed by atoms with van der Waals surface area (Å²) in [5, 5.41) is 4.35. The van der Waals surface area contributed by atoms with E-state index in [0.717, 1.165) is 12.1 Å². The molecule has 0 saturated carbocycles. The summed E-state index contributed by atoms with van der Waals surface area (Å²) in [6.07, 6.45) is 0. The SMILES string of the molecule is Nc1cc(S(=O)(=O)NCCS(N)(=O)=O)c(Cl)cc1F. The summed E-state index contributed by atoms with van der Waals surface area (Å²) < 4.78 is 59.9. The fraction of sp³-hybridized carbons (Fsp3) is 0.250. The molecule has 19 heavy (non-hydrogen) atoms. The zero-order chi connectivity index (χ0) is 14.8. The third-order valence-electron chi connectivity index (χ3n) is 2.02. The zero-order valence-electron chi connectivity index (χ0n) is 9.43. The molecule has 0 aliphatic rings. The first-order valence-electron chi connectivity index (χ1n) is 4.77. The number of nitrogens with two attached hydrogens (primary N) is 2. The van der Waals surface area contributed by atoms with Crippen LogP contribution in [0.1, 0.15) is 0 Å². The topological polar surface area (TPSA) is 132 Å². The number of hydrogen-bond donors (Lipinski definition) is 3. The standard InChI is InChI=1S/C8H11ClFN3O4S2/c9-5-3-6(10)7(11)4-8(5)19(16,17)13-1-2-18(12,14)15/h3-4,13H,1-2,11H2,(H2,12,14,15). The Morgan fingerprint density at radius 3 is 2.37 bits per heavy atom. The summed E-state index contributed by atoms with van der Waals surface area (Å²) in [5.41, 5.74) is 4.85. The number of rotatable bonds is 5. The van der Waals surface area contributed by atoms with Gasteiger partial charge < -0.3 is 5.73 Å². The Morgan fingerprint density at radius 2 is 1.84 bits per heavy atom. The van der Waals surface area contributed by atoms with Crippen LogP contribution in [0.15, 0.2) is 17.0 Å². The lowest BCUT2D eigenvalue weighted by Gasteiger charge is -2.09. The summed E-state index contributed by atoms with van der Waals surface area (Å²) >= 11 is 5.60. The molecule has 11 heteroatoms. The van der Waals surface area contributed by atoms with Crippen molar-refractivity contribution in [2.24, 2.45) is 5.14 Å². The van der Waals surface area contributed by atoms with Crippen molar-refractivity contribution >= 4 is 37.3 Å². The summed E-state index contributed by atoms with van der Waals surface area (Å²) in [6, 6.07) is 1.60. The molecule has 0 unspecified atom stereocenters. The van der Waals surface area contributed by atoms with Crippen LogP contribution in [-0.2, 0) is 20.0 Å². The highest BCUT2D eigenvalue weighted by Gasteiger charge is 2.20. The lowest BCUT2D eigenvalue weighted by molar-refractivity contribution is 0.581. The van der Waals surface area contributed by atoms with E-state index in [-0.39, 0.29) is 5.02 Å². The molecule has 0 heterocycles. The van der Waals surface area contributed by atoms with E-state index in [2.05, 4.69) is 0 Å². The Morgan fingerprint density at radius 1 is 1.26 bits per heavy atom. The lowest BCUT2D eigenvalue weighted by Crippen LogP contribution is -2.31. The van der Waals surface area contributed by atoms with Gasteiger partial charge in [0.25, 0.3) is 0 Å². The Hall–Kier alpha value is -0.940. The van der Waals surface area contributed by atoms with Crippen molar-refractivity contribution in [3.8, 4) is 0 Å². The quantitative estimate of drug-likeness (QED) is 0.633. The molecule has 0 saturated heterocycles. The molecule has 0 amide bonds. The minimum absolute atomic E-state index is 0.366. The predicted molar refractivity (Wildman–Crippen MR) is 69.0 cm³/mol. The number of sulfonamides is 2. The maximum Gasteiger partial charge on any atom is 0.242 e. The van der Waals surface area contributed by atoms with E-state index in [4.69, 9.17) is 22.5 Å². The van der Waals surface area contributed by atoms with Crippen LogP contribution in [0.2, 0.25) is 5.02 Å². The normalized spacial score (nSPS) is 12.6. The van der Waals surface area contributed by atoms with Crippen molar-refractivity contribution in [2.75, 3.05) is 18.0 Å². The van der Waals surface area contributed by atoms with Crippen LogP contribution < -0.4 is 15.6 Å². The Bertz CT molecular complexity index is 690. The fourth-order valence-corrected chi connectivity index (χ4v) is 3.24. The zero-order valence-corrected chi connectivity index (χ0v) is 11.8. The summed E-state index contributed by atoms with van der Waals surface area (Å²) in [7, 11) is -7.90. The molecular formula is C8H11ClFN3O4S2. The van der Waals surface area contributed by atoms with Gasteiger partial charge in [0.05, 0.1) is 16.5 Å². The van der Waals surface area contributed by atoms with Crippen LogP contribution in [0.4, 0.5) is 10.1 Å². The van der Waals surface area contributed by atoms with E-state index >= 15 is 0 Å². The molecule has 0 aromatic heterocycles. The number of halogens is 2. The molecule has 1 rings (SSSR count). The second kappa shape index (κ2) is 5.59. The first kappa shape index (κ1) is 16.1. The second-order valence-corrected chi connectivity index (χ2v) is 7.45. The molecule has 0 fully saturated rings. The van der Waals surface area contributed by atoms with Gasteiger partial charge in [-0.2, -0.15) is 0 Å². The van der Waals surface area contributed by atoms with Gasteiger partial charge in [-0.15, -0.1) is 0 Å². The Balaban J connectivity index is 2.98. The fourth-order valence-electron chi connectivity index (χ4n) is 1.15. The molecule has 108 valence electrons. The van der Waals surface area contributed by atoms with Crippen LogP contribution in [0.25, 0.3) is 0 Å². The van der Waals surface area contributed by atoms with Crippen LogP contribution in [0, 0.1) is 5.82 Å². The van der Waals surface area contributed by atoms with Gasteiger partial charge in [-0.3, -0.25) is 0 Å². The summed E-state index contributed by atoms with van der Waals surface area (Å²) in [5.74, 6) is -1.44. The number of nitrogens with one attached hydrogen (secondary N) is 1. The van der Waals surface area contributed by atoms with Crippen molar-refractivity contribution in [3.63, 3.8) is 0 Å². The summed E-state index contributed by atoms with van der Waals surface area (Å²) in [4.78, 5) is -0.442. The number of nitrogen functional groups attached to an aromatic ring is 1. The molecule has 1 aromatic carbocycles. The molecule has 0 aliphatic carbocycles. The number of primary sulfonamides is 1. The van der Waals surface area contributed by atoms with Gasteiger partial charge in [0, 0.05) is 6.54 Å². The van der Waals surface area contributed by atoms with Gasteiger partial charge in [-0.1, -0.05) is 11.6 Å². The van der Waals surface area contributed by atoms with Gasteiger partial charge >= 0.3 is 0 Å². The van der Waals surface area contributed by atoms with E-state index in [1.165, 1.54) is 0 Å². The first-order chi connectivity index (χ1) is 8.53. The van der Waals surface area contributed by atoms with Crippen LogP contribution in [0.3, 0.4) is 0 Å². The van der Waals surface area contributed by atoms with Gasteiger partial charge in [0.15, 0.2) is 0 Å². The molecule has 0 aliphatic heterocycles. The smallest absolute Gasteiger partial charge is 0.242 e. The minimum Gasteiger partial charge on any atom is -0.396 e. The maximum atomic E-state index is 13.0. The van der Waals surface area contributed by atoms with E-state index in [0.29, 0.717) is 0 Å². The average molecular weight is 332 g/mol. The van der Waals surface area contributed by atoms with Crippen molar-refractivity contribution in [2.45, 2.75) is 4.90 Å². The molecule has 5 N–H and O–H groups in total. The van der Waals surface area contributed by atoms with E-state index in [9.17, 15) is 21.2 Å². The van der Waals surface area contributed by atoms with Crippen LogP contribution >= 0.6 is 11.6 Å². The molecule has 0 bridgehead atoms. The van der Waals surface area contributed by atoms with Crippen molar-refractivity contribution < 1.29 is 21.2 Å². The van der Waals surface area contributed by atoms with Crippen LogP contribution in [0.5, 0.6) is 0 Å². The van der Waals surface area contributed by atoms with Crippen molar-refractivity contribution in [3.05, 3.63) is 23.0 Å². The van der Waals surface area contributed by atoms with E-state index in [1.54, 1.807) is 0 Å². The third-order valence-corrected chi connectivity index (χ3v) is 4.72. The van der Waals surface area contributed by atoms with Crippen LogP contribution in [-0.4, -0.2) is 29.1 Å². The molecule has 7 nitrogen and oxygen atoms in total. The molecule has 1 aromatic rings. The number of hydrogen-bond acceptors (Lipinski definition) is 5. The highest BCUT2D eigenvalue weighted by molar-refractivity contribution is 7.90. The Labute approximate surface area is 114 Å². The third kappa shape index (κ3) is 4.58.